The van der Waals surface area contributed by atoms with Crippen molar-refractivity contribution in [2.45, 2.75) is 115 Å². The molecular weight excluding hydrogens is 395 g/mol. The van der Waals surface area contributed by atoms with Crippen LogP contribution in [0.25, 0.3) is 0 Å². The van der Waals surface area contributed by atoms with Crippen molar-refractivity contribution in [1.82, 2.24) is 4.90 Å². The molecule has 0 amide bonds. The third-order valence-corrected chi connectivity index (χ3v) is 16.3. The highest BCUT2D eigenvalue weighted by atomic mass is 31.1. The van der Waals surface area contributed by atoms with Crippen LogP contribution in [0.4, 0.5) is 0 Å². The van der Waals surface area contributed by atoms with Gasteiger partial charge >= 0.3 is 0 Å². The Morgan fingerprint density at radius 3 is 1.32 bits per heavy atom. The van der Waals surface area contributed by atoms with Gasteiger partial charge in [-0.05, 0) is 143 Å². The average Bonchev–Trinajstić information content (AvgIpc) is 2.71. The van der Waals surface area contributed by atoms with Gasteiger partial charge in [0.2, 0.25) is 0 Å². The Bertz CT molecular complexity index is 572. The molecule has 0 aliphatic heterocycles. The van der Waals surface area contributed by atoms with Crippen LogP contribution in [-0.4, -0.2) is 40.6 Å². The largest absolute Gasteiger partial charge is 0.313 e. The molecule has 2 N–H and O–H groups in total. The Kier molecular flexibility index (Phi) is 5.60. The van der Waals surface area contributed by atoms with Crippen LogP contribution in [0.2, 0.25) is 0 Å². The van der Waals surface area contributed by atoms with Crippen molar-refractivity contribution in [1.29, 1.82) is 0 Å². The minimum absolute atomic E-state index is 0.0203. The fraction of sp³-hybridized carbons (Fsp3) is 1.00. The molecule has 0 aromatic rings. The summed E-state index contributed by atoms with van der Waals surface area (Å²) in [6.07, 6.45) is 15.9. The van der Waals surface area contributed by atoms with Crippen LogP contribution >= 0.6 is 7.92 Å². The molecule has 3 heteroatoms. The van der Waals surface area contributed by atoms with Gasteiger partial charge in [0.25, 0.3) is 0 Å². The summed E-state index contributed by atoms with van der Waals surface area (Å²) in [5.41, 5.74) is 10.00. The van der Waals surface area contributed by atoms with Gasteiger partial charge in [-0.1, -0.05) is 28.7 Å². The van der Waals surface area contributed by atoms with Crippen LogP contribution < -0.4 is 5.73 Å². The fourth-order valence-corrected chi connectivity index (χ4v) is 16.1. The maximum atomic E-state index is 7.35. The quantitative estimate of drug-likeness (QED) is 0.358. The molecule has 31 heavy (non-hydrogen) atoms. The van der Waals surface area contributed by atoms with Crippen molar-refractivity contribution in [3.05, 3.63) is 0 Å². The average molecular weight is 445 g/mol. The number of hydrogen-bond donors (Lipinski definition) is 1. The molecule has 8 saturated carbocycles. The van der Waals surface area contributed by atoms with Crippen LogP contribution in [0.3, 0.4) is 0 Å². The van der Waals surface area contributed by atoms with E-state index in [9.17, 15) is 0 Å². The molecule has 0 aromatic heterocycles. The predicted molar refractivity (Wildman–Crippen MR) is 134 cm³/mol. The highest BCUT2D eigenvalue weighted by Gasteiger charge is 2.59. The van der Waals surface area contributed by atoms with E-state index in [2.05, 4.69) is 32.6 Å². The summed E-state index contributed by atoms with van der Waals surface area (Å²) in [5, 5.41) is 0. The van der Waals surface area contributed by atoms with Gasteiger partial charge in [-0.25, -0.2) is 0 Å². The van der Waals surface area contributed by atoms with Crippen LogP contribution in [0.15, 0.2) is 0 Å². The Morgan fingerprint density at radius 1 is 0.710 bits per heavy atom. The lowest BCUT2D eigenvalue weighted by molar-refractivity contribution is 0.0110. The van der Waals surface area contributed by atoms with Gasteiger partial charge in [0.05, 0.1) is 5.66 Å². The molecule has 8 rings (SSSR count). The molecule has 2 unspecified atom stereocenters. The van der Waals surface area contributed by atoms with Gasteiger partial charge in [-0.15, -0.1) is 0 Å². The fourth-order valence-electron chi connectivity index (χ4n) is 11.0. The van der Waals surface area contributed by atoms with E-state index in [1.807, 2.05) is 0 Å². The second-order valence-electron chi connectivity index (χ2n) is 13.4. The molecule has 8 aliphatic carbocycles. The van der Waals surface area contributed by atoms with Gasteiger partial charge in [-0.3, -0.25) is 4.90 Å². The van der Waals surface area contributed by atoms with Crippen LogP contribution in [0.5, 0.6) is 0 Å². The topological polar surface area (TPSA) is 29.3 Å². The molecule has 0 radical (unpaired) electrons. The van der Waals surface area contributed by atoms with Crippen LogP contribution in [0.1, 0.15) is 91.9 Å². The zero-order valence-electron chi connectivity index (χ0n) is 20.8. The molecule has 0 spiro atoms. The zero-order chi connectivity index (χ0) is 21.5. The van der Waals surface area contributed by atoms with Crippen molar-refractivity contribution in [2.75, 3.05) is 13.1 Å². The summed E-state index contributed by atoms with van der Waals surface area (Å²) in [5.74, 6) is 8.63. The summed E-state index contributed by atoms with van der Waals surface area (Å²) < 4.78 is 0. The first-order valence-electron chi connectivity index (χ1n) is 14.2. The predicted octanol–water partition coefficient (Wildman–Crippen LogP) is 6.52. The molecular formula is C28H49N2P. The van der Waals surface area contributed by atoms with E-state index in [4.69, 9.17) is 5.73 Å². The minimum atomic E-state index is -0.140. The summed E-state index contributed by atoms with van der Waals surface area (Å²) in [4.78, 5) is 2.61. The Labute approximate surface area is 193 Å². The molecule has 8 fully saturated rings. The smallest absolute Gasteiger partial charge is 0.0724 e. The Morgan fingerprint density at radius 2 is 1.03 bits per heavy atom. The van der Waals surface area contributed by atoms with Gasteiger partial charge in [-0.2, -0.15) is 0 Å². The zero-order valence-corrected chi connectivity index (χ0v) is 21.7. The van der Waals surface area contributed by atoms with E-state index in [0.29, 0.717) is 5.66 Å². The van der Waals surface area contributed by atoms with E-state index in [1.165, 1.54) is 0 Å². The van der Waals surface area contributed by atoms with Gasteiger partial charge < -0.3 is 5.73 Å². The third-order valence-electron chi connectivity index (χ3n) is 11.8. The molecule has 8 aliphatic rings. The van der Waals surface area contributed by atoms with Crippen molar-refractivity contribution < 1.29 is 0 Å². The van der Waals surface area contributed by atoms with Gasteiger partial charge in [0.1, 0.15) is 0 Å². The third kappa shape index (κ3) is 3.43. The van der Waals surface area contributed by atoms with Gasteiger partial charge in [0.15, 0.2) is 0 Å². The summed E-state index contributed by atoms with van der Waals surface area (Å²) in [6.45, 7) is 11.9. The van der Waals surface area contributed by atoms with Crippen molar-refractivity contribution in [3.8, 4) is 0 Å². The van der Waals surface area contributed by atoms with Crippen LogP contribution in [0, 0.1) is 47.3 Å². The first-order valence-corrected chi connectivity index (χ1v) is 15.7. The Hall–Kier alpha value is 0.350. The van der Waals surface area contributed by atoms with E-state index >= 15 is 0 Å². The molecule has 0 saturated heterocycles. The highest BCUT2D eigenvalue weighted by molar-refractivity contribution is 7.60. The van der Waals surface area contributed by atoms with E-state index in [-0.39, 0.29) is 13.6 Å². The minimum Gasteiger partial charge on any atom is -0.313 e. The van der Waals surface area contributed by atoms with E-state index in [1.54, 1.807) is 64.2 Å². The van der Waals surface area contributed by atoms with Crippen molar-refractivity contribution in [3.63, 3.8) is 0 Å². The lowest BCUT2D eigenvalue weighted by Crippen LogP contribution is -2.63. The van der Waals surface area contributed by atoms with E-state index < -0.39 is 0 Å². The highest BCUT2D eigenvalue weighted by Crippen LogP contribution is 2.73. The SMILES string of the molecule is CCN(CC)C(C)(N)C(C)P(C1C2CC3CC(C2)CC1C3)C1C2CC3CC(C2)CC1C3. The lowest BCUT2D eigenvalue weighted by Gasteiger charge is -2.64. The van der Waals surface area contributed by atoms with Crippen molar-refractivity contribution in [2.24, 2.45) is 53.1 Å². The summed E-state index contributed by atoms with van der Waals surface area (Å²) in [7, 11) is -0.0203. The first-order chi connectivity index (χ1) is 14.9. The molecule has 0 aromatic carbocycles. The number of rotatable bonds is 7. The summed E-state index contributed by atoms with van der Waals surface area (Å²) >= 11 is 0. The van der Waals surface area contributed by atoms with Crippen molar-refractivity contribution >= 4 is 7.92 Å². The molecule has 2 nitrogen and oxygen atoms in total. The number of hydrogen-bond acceptors (Lipinski definition) is 2. The van der Waals surface area contributed by atoms with Gasteiger partial charge in [0, 0.05) is 5.66 Å². The first kappa shape index (κ1) is 21.9. The lowest BCUT2D eigenvalue weighted by atomic mass is 9.55. The molecule has 8 bridgehead atoms. The molecule has 176 valence electrons. The number of nitrogens with zero attached hydrogens (tertiary/aromatic N) is 1. The Balaban J connectivity index is 1.37. The van der Waals surface area contributed by atoms with Crippen LogP contribution in [-0.2, 0) is 0 Å². The second-order valence-corrected chi connectivity index (χ2v) is 16.2. The van der Waals surface area contributed by atoms with E-state index in [0.717, 1.165) is 71.8 Å². The molecule has 0 heterocycles. The normalized spacial score (nSPS) is 51.3. The summed E-state index contributed by atoms with van der Waals surface area (Å²) in [6, 6.07) is 0. The monoisotopic (exact) mass is 444 g/mol. The standard InChI is InChI=1S/C28H49N2P/c1-5-30(6-2)28(4,29)17(3)31(26-22-9-18-7-19(11-22)12-23(26)10-18)27-24-13-20-8-21(15-24)16-25(27)14-20/h17-27H,5-16,29H2,1-4H3. The maximum Gasteiger partial charge on any atom is 0.0724 e. The second kappa shape index (κ2) is 7.95. The maximum absolute atomic E-state index is 7.35. The number of nitrogens with two attached hydrogens (primary N) is 1. The molecule has 2 atom stereocenters.